The van der Waals surface area contributed by atoms with Gasteiger partial charge in [0.25, 0.3) is 5.91 Å². The van der Waals surface area contributed by atoms with Crippen molar-refractivity contribution in [1.82, 2.24) is 4.98 Å². The molecule has 0 atom stereocenters. The van der Waals surface area contributed by atoms with Crippen molar-refractivity contribution in [3.05, 3.63) is 83.4 Å². The van der Waals surface area contributed by atoms with Gasteiger partial charge in [0, 0.05) is 11.6 Å². The van der Waals surface area contributed by atoms with E-state index in [9.17, 15) is 4.79 Å². The third-order valence-corrected chi connectivity index (χ3v) is 5.83. The summed E-state index contributed by atoms with van der Waals surface area (Å²) in [5, 5.41) is 0.659. The zero-order chi connectivity index (χ0) is 21.1. The van der Waals surface area contributed by atoms with Gasteiger partial charge in [-0.25, -0.2) is 4.98 Å². The van der Waals surface area contributed by atoms with Crippen LogP contribution in [0.15, 0.2) is 66.7 Å². The van der Waals surface area contributed by atoms with Gasteiger partial charge in [-0.05, 0) is 42.3 Å². The van der Waals surface area contributed by atoms with Crippen molar-refractivity contribution >= 4 is 32.6 Å². The molecule has 5 nitrogen and oxygen atoms in total. The fraction of sp³-hybridized carbons (Fsp3) is 0.167. The number of carbonyl (C=O) groups excluding carboxylic acids is 1. The predicted molar refractivity (Wildman–Crippen MR) is 121 cm³/mol. The van der Waals surface area contributed by atoms with E-state index in [2.05, 4.69) is 6.07 Å². The second kappa shape index (κ2) is 8.55. The predicted octanol–water partition coefficient (Wildman–Crippen LogP) is 5.47. The standard InChI is InChI=1S/C24H22N2O3S/c1-16-9-10-21-22(11-16)30-24(25-21)26(15-17-7-5-4-6-8-17)23(27)18-12-19(28-2)14-20(13-18)29-3/h4-14H,15H2,1-3H3. The van der Waals surface area contributed by atoms with Crippen molar-refractivity contribution in [2.45, 2.75) is 13.5 Å². The van der Waals surface area contributed by atoms with E-state index in [4.69, 9.17) is 14.5 Å². The minimum atomic E-state index is -0.160. The molecule has 0 radical (unpaired) electrons. The van der Waals surface area contributed by atoms with Crippen molar-refractivity contribution in [3.63, 3.8) is 0 Å². The lowest BCUT2D eigenvalue weighted by Crippen LogP contribution is -2.30. The molecule has 1 amide bonds. The average Bonchev–Trinajstić information content (AvgIpc) is 3.20. The molecule has 4 aromatic rings. The lowest BCUT2D eigenvalue weighted by atomic mass is 10.1. The first-order valence-electron chi connectivity index (χ1n) is 9.53. The van der Waals surface area contributed by atoms with Crippen LogP contribution < -0.4 is 14.4 Å². The van der Waals surface area contributed by atoms with Crippen LogP contribution in [0.3, 0.4) is 0 Å². The molecule has 152 valence electrons. The van der Waals surface area contributed by atoms with Crippen LogP contribution in [0, 0.1) is 6.92 Å². The van der Waals surface area contributed by atoms with Crippen molar-refractivity contribution in [2.75, 3.05) is 19.1 Å². The first kappa shape index (κ1) is 19.9. The van der Waals surface area contributed by atoms with Crippen LogP contribution >= 0.6 is 11.3 Å². The van der Waals surface area contributed by atoms with Crippen LogP contribution in [0.4, 0.5) is 5.13 Å². The van der Waals surface area contributed by atoms with Crippen LogP contribution in [0.25, 0.3) is 10.2 Å². The molecule has 0 saturated heterocycles. The number of aryl methyl sites for hydroxylation is 1. The summed E-state index contributed by atoms with van der Waals surface area (Å²) < 4.78 is 11.8. The first-order valence-corrected chi connectivity index (χ1v) is 10.3. The van der Waals surface area contributed by atoms with E-state index in [1.54, 1.807) is 37.3 Å². The van der Waals surface area contributed by atoms with E-state index in [1.165, 1.54) is 11.3 Å². The number of thiazole rings is 1. The monoisotopic (exact) mass is 418 g/mol. The number of ether oxygens (including phenoxy) is 2. The second-order valence-corrected chi connectivity index (χ2v) is 7.95. The molecule has 1 heterocycles. The molecule has 0 aliphatic carbocycles. The number of amides is 1. The Balaban J connectivity index is 1.79. The summed E-state index contributed by atoms with van der Waals surface area (Å²) in [5.74, 6) is 0.974. The van der Waals surface area contributed by atoms with Gasteiger partial charge in [0.1, 0.15) is 11.5 Å². The summed E-state index contributed by atoms with van der Waals surface area (Å²) in [6.07, 6.45) is 0. The lowest BCUT2D eigenvalue weighted by Gasteiger charge is -2.21. The van der Waals surface area contributed by atoms with Gasteiger partial charge in [0.2, 0.25) is 0 Å². The summed E-state index contributed by atoms with van der Waals surface area (Å²) in [5.41, 5.74) is 3.56. The SMILES string of the molecule is COc1cc(OC)cc(C(=O)N(Cc2ccccc2)c2nc3ccc(C)cc3s2)c1. The van der Waals surface area contributed by atoms with Crippen molar-refractivity contribution in [3.8, 4) is 11.5 Å². The highest BCUT2D eigenvalue weighted by Gasteiger charge is 2.23. The number of rotatable bonds is 6. The Labute approximate surface area is 179 Å². The van der Waals surface area contributed by atoms with E-state index in [-0.39, 0.29) is 5.91 Å². The molecule has 4 rings (SSSR count). The van der Waals surface area contributed by atoms with Gasteiger partial charge >= 0.3 is 0 Å². The minimum Gasteiger partial charge on any atom is -0.497 e. The fourth-order valence-electron chi connectivity index (χ4n) is 3.21. The Hall–Kier alpha value is -3.38. The number of anilines is 1. The highest BCUT2D eigenvalue weighted by atomic mass is 32.1. The van der Waals surface area contributed by atoms with Gasteiger partial charge in [-0.3, -0.25) is 9.69 Å². The van der Waals surface area contributed by atoms with Gasteiger partial charge in [0.05, 0.1) is 31.0 Å². The van der Waals surface area contributed by atoms with E-state index >= 15 is 0 Å². The molecule has 3 aromatic carbocycles. The zero-order valence-corrected chi connectivity index (χ0v) is 17.9. The molecule has 0 bridgehead atoms. The molecule has 1 aromatic heterocycles. The van der Waals surface area contributed by atoms with E-state index in [0.29, 0.717) is 28.7 Å². The van der Waals surface area contributed by atoms with Gasteiger partial charge in [-0.15, -0.1) is 0 Å². The number of fused-ring (bicyclic) bond motifs is 1. The van der Waals surface area contributed by atoms with Crippen LogP contribution in [0.1, 0.15) is 21.5 Å². The highest BCUT2D eigenvalue weighted by molar-refractivity contribution is 7.22. The number of carbonyl (C=O) groups is 1. The summed E-state index contributed by atoms with van der Waals surface area (Å²) in [6, 6.07) is 21.2. The molecule has 0 aliphatic heterocycles. The highest BCUT2D eigenvalue weighted by Crippen LogP contribution is 2.32. The van der Waals surface area contributed by atoms with Crippen LogP contribution in [0.2, 0.25) is 0 Å². The Morgan fingerprint density at radius 2 is 1.67 bits per heavy atom. The lowest BCUT2D eigenvalue weighted by molar-refractivity contribution is 0.0984. The summed E-state index contributed by atoms with van der Waals surface area (Å²) in [7, 11) is 3.14. The van der Waals surface area contributed by atoms with E-state index in [1.807, 2.05) is 49.4 Å². The maximum absolute atomic E-state index is 13.6. The zero-order valence-electron chi connectivity index (χ0n) is 17.1. The van der Waals surface area contributed by atoms with Gasteiger partial charge in [-0.2, -0.15) is 0 Å². The van der Waals surface area contributed by atoms with Crippen molar-refractivity contribution in [2.24, 2.45) is 0 Å². The Kier molecular flexibility index (Phi) is 5.68. The Morgan fingerprint density at radius 3 is 2.33 bits per heavy atom. The van der Waals surface area contributed by atoms with Gasteiger partial charge in [0.15, 0.2) is 5.13 Å². The first-order chi connectivity index (χ1) is 14.6. The molecule has 0 N–H and O–H groups in total. The van der Waals surface area contributed by atoms with Crippen LogP contribution in [-0.4, -0.2) is 25.1 Å². The molecule has 0 aliphatic rings. The quantitative estimate of drug-likeness (QED) is 0.417. The van der Waals surface area contributed by atoms with E-state index in [0.717, 1.165) is 21.3 Å². The summed E-state index contributed by atoms with van der Waals surface area (Å²) in [6.45, 7) is 2.46. The van der Waals surface area contributed by atoms with E-state index < -0.39 is 0 Å². The molecule has 0 unspecified atom stereocenters. The Morgan fingerprint density at radius 1 is 0.967 bits per heavy atom. The molecule has 6 heteroatoms. The average molecular weight is 419 g/mol. The van der Waals surface area contributed by atoms with Crippen LogP contribution in [0.5, 0.6) is 11.5 Å². The largest absolute Gasteiger partial charge is 0.497 e. The number of nitrogens with zero attached hydrogens (tertiary/aromatic N) is 2. The third-order valence-electron chi connectivity index (χ3n) is 4.79. The third kappa shape index (κ3) is 4.14. The molecular formula is C24H22N2O3S. The molecule has 0 saturated carbocycles. The van der Waals surface area contributed by atoms with Gasteiger partial charge < -0.3 is 9.47 Å². The van der Waals surface area contributed by atoms with Crippen molar-refractivity contribution < 1.29 is 14.3 Å². The molecule has 30 heavy (non-hydrogen) atoms. The minimum absolute atomic E-state index is 0.160. The number of hydrogen-bond acceptors (Lipinski definition) is 5. The molecule has 0 fully saturated rings. The molecular weight excluding hydrogens is 396 g/mol. The normalized spacial score (nSPS) is 10.8. The Bertz CT molecular complexity index is 1170. The number of aromatic nitrogens is 1. The topological polar surface area (TPSA) is 51.7 Å². The summed E-state index contributed by atoms with van der Waals surface area (Å²) >= 11 is 1.51. The fourth-order valence-corrected chi connectivity index (χ4v) is 4.28. The maximum atomic E-state index is 13.6. The number of benzene rings is 3. The molecule has 0 spiro atoms. The van der Waals surface area contributed by atoms with Crippen LogP contribution in [-0.2, 0) is 6.54 Å². The van der Waals surface area contributed by atoms with Crippen molar-refractivity contribution in [1.29, 1.82) is 0 Å². The number of methoxy groups -OCH3 is 2. The van der Waals surface area contributed by atoms with Gasteiger partial charge in [-0.1, -0.05) is 47.7 Å². The second-order valence-electron chi connectivity index (χ2n) is 6.95. The maximum Gasteiger partial charge on any atom is 0.260 e. The number of hydrogen-bond donors (Lipinski definition) is 0. The smallest absolute Gasteiger partial charge is 0.260 e. The summed E-state index contributed by atoms with van der Waals surface area (Å²) in [4.78, 5) is 20.1.